The van der Waals surface area contributed by atoms with Gasteiger partial charge in [0.1, 0.15) is 18.2 Å². The van der Waals surface area contributed by atoms with Crippen molar-refractivity contribution >= 4 is 17.4 Å². The van der Waals surface area contributed by atoms with Crippen molar-refractivity contribution in [1.82, 2.24) is 9.97 Å². The molecule has 2 rings (SSSR count). The molecule has 0 aliphatic rings. The minimum absolute atomic E-state index is 0.321. The topological polar surface area (TPSA) is 47.0 Å². The zero-order valence-electron chi connectivity index (χ0n) is 11.9. The van der Waals surface area contributed by atoms with Crippen LogP contribution in [0.15, 0.2) is 24.3 Å². The van der Waals surface area contributed by atoms with Crippen molar-refractivity contribution in [3.8, 4) is 5.75 Å². The molecule has 0 atom stereocenters. The highest BCUT2D eigenvalue weighted by Gasteiger charge is 2.05. The van der Waals surface area contributed by atoms with Crippen molar-refractivity contribution in [3.63, 3.8) is 0 Å². The van der Waals surface area contributed by atoms with E-state index in [1.54, 1.807) is 6.07 Å². The van der Waals surface area contributed by atoms with Crippen LogP contribution < -0.4 is 10.1 Å². The second-order valence-corrected chi connectivity index (χ2v) is 4.98. The lowest BCUT2D eigenvalue weighted by molar-refractivity contribution is 0.293. The van der Waals surface area contributed by atoms with Crippen LogP contribution in [0.1, 0.15) is 24.0 Å². The normalized spacial score (nSPS) is 10.4. The smallest absolute Gasteiger partial charge is 0.168 e. The lowest BCUT2D eigenvalue weighted by Crippen LogP contribution is -2.07. The van der Waals surface area contributed by atoms with E-state index >= 15 is 0 Å². The van der Waals surface area contributed by atoms with E-state index in [1.807, 2.05) is 39.0 Å². The van der Waals surface area contributed by atoms with Gasteiger partial charge >= 0.3 is 0 Å². The number of halogens is 1. The Kier molecular flexibility index (Phi) is 4.79. The van der Waals surface area contributed by atoms with Gasteiger partial charge in [0, 0.05) is 23.3 Å². The molecule has 1 N–H and O–H groups in total. The number of benzene rings is 1. The maximum atomic E-state index is 5.97. The maximum Gasteiger partial charge on any atom is 0.168 e. The summed E-state index contributed by atoms with van der Waals surface area (Å²) in [6.45, 7) is 7.10. The number of aryl methyl sites for hydroxylation is 2. The quantitative estimate of drug-likeness (QED) is 0.911. The van der Waals surface area contributed by atoms with Gasteiger partial charge in [-0.3, -0.25) is 0 Å². The van der Waals surface area contributed by atoms with Gasteiger partial charge in [-0.1, -0.05) is 17.7 Å². The second-order valence-electron chi connectivity index (χ2n) is 4.54. The van der Waals surface area contributed by atoms with Crippen LogP contribution in [0.3, 0.4) is 0 Å². The van der Waals surface area contributed by atoms with Gasteiger partial charge in [-0.2, -0.15) is 0 Å². The summed E-state index contributed by atoms with van der Waals surface area (Å²) >= 11 is 5.97. The van der Waals surface area contributed by atoms with Gasteiger partial charge in [-0.05, 0) is 38.5 Å². The first-order valence-electron chi connectivity index (χ1n) is 6.56. The van der Waals surface area contributed by atoms with E-state index in [0.29, 0.717) is 17.5 Å². The molecule has 2 aromatic rings. The molecule has 0 saturated carbocycles. The van der Waals surface area contributed by atoms with Gasteiger partial charge in [0.2, 0.25) is 0 Å². The van der Waals surface area contributed by atoms with E-state index < -0.39 is 0 Å². The molecule has 0 fully saturated rings. The Morgan fingerprint density at radius 1 is 1.20 bits per heavy atom. The summed E-state index contributed by atoms with van der Waals surface area (Å²) in [7, 11) is 0. The fourth-order valence-electron chi connectivity index (χ4n) is 1.84. The van der Waals surface area contributed by atoms with Crippen LogP contribution in [-0.2, 0) is 6.61 Å². The minimum atomic E-state index is 0.321. The number of rotatable bonds is 5. The number of anilines is 1. The summed E-state index contributed by atoms with van der Waals surface area (Å²) < 4.78 is 5.75. The fourth-order valence-corrected chi connectivity index (χ4v) is 2.00. The largest absolute Gasteiger partial charge is 0.485 e. The molecule has 0 amide bonds. The number of hydrogen-bond acceptors (Lipinski definition) is 4. The Morgan fingerprint density at radius 2 is 2.00 bits per heavy atom. The van der Waals surface area contributed by atoms with Crippen LogP contribution in [0.2, 0.25) is 5.02 Å². The summed E-state index contributed by atoms with van der Waals surface area (Å²) in [5, 5.41) is 3.84. The Morgan fingerprint density at radius 3 is 2.75 bits per heavy atom. The zero-order valence-corrected chi connectivity index (χ0v) is 12.7. The van der Waals surface area contributed by atoms with Crippen LogP contribution >= 0.6 is 11.6 Å². The second kappa shape index (κ2) is 6.57. The summed E-state index contributed by atoms with van der Waals surface area (Å²) in [6, 6.07) is 7.49. The van der Waals surface area contributed by atoms with Crippen LogP contribution in [0.4, 0.5) is 5.82 Å². The number of hydrogen-bond donors (Lipinski definition) is 1. The van der Waals surface area contributed by atoms with E-state index in [2.05, 4.69) is 15.3 Å². The molecule has 4 nitrogen and oxygen atoms in total. The van der Waals surface area contributed by atoms with Gasteiger partial charge in [0.25, 0.3) is 0 Å². The molecule has 0 saturated heterocycles. The van der Waals surface area contributed by atoms with Crippen LogP contribution in [0.25, 0.3) is 0 Å². The average Bonchev–Trinajstić information content (AvgIpc) is 2.40. The first kappa shape index (κ1) is 14.6. The molecule has 1 aromatic heterocycles. The lowest BCUT2D eigenvalue weighted by Gasteiger charge is -2.10. The highest BCUT2D eigenvalue weighted by atomic mass is 35.5. The van der Waals surface area contributed by atoms with Crippen molar-refractivity contribution < 1.29 is 4.74 Å². The van der Waals surface area contributed by atoms with Crippen LogP contribution in [0.5, 0.6) is 5.75 Å². The van der Waals surface area contributed by atoms with Gasteiger partial charge in [0.05, 0.1) is 0 Å². The van der Waals surface area contributed by atoms with E-state index in [4.69, 9.17) is 16.3 Å². The number of nitrogens with one attached hydrogen (secondary N) is 1. The predicted molar refractivity (Wildman–Crippen MR) is 81.5 cm³/mol. The monoisotopic (exact) mass is 291 g/mol. The first-order chi connectivity index (χ1) is 9.58. The maximum absolute atomic E-state index is 5.97. The predicted octanol–water partition coefficient (Wildman–Crippen LogP) is 3.76. The molecule has 106 valence electrons. The van der Waals surface area contributed by atoms with Gasteiger partial charge in [0.15, 0.2) is 5.82 Å². The highest BCUT2D eigenvalue weighted by Crippen LogP contribution is 2.23. The van der Waals surface area contributed by atoms with Crippen LogP contribution in [-0.4, -0.2) is 16.5 Å². The molecule has 1 aromatic carbocycles. The summed E-state index contributed by atoms with van der Waals surface area (Å²) in [5.41, 5.74) is 1.95. The molecule has 5 heteroatoms. The number of nitrogens with zero attached hydrogens (tertiary/aromatic N) is 2. The molecule has 0 aliphatic heterocycles. The number of aromatic nitrogens is 2. The summed E-state index contributed by atoms with van der Waals surface area (Å²) in [6.07, 6.45) is 0. The van der Waals surface area contributed by atoms with Crippen molar-refractivity contribution in [1.29, 1.82) is 0 Å². The third-order valence-corrected chi connectivity index (χ3v) is 3.00. The molecule has 1 heterocycles. The SMILES string of the molecule is CCNc1cc(C)nc(COc2cc(Cl)ccc2C)n1. The summed E-state index contributed by atoms with van der Waals surface area (Å²) in [4.78, 5) is 8.78. The zero-order chi connectivity index (χ0) is 14.5. The van der Waals surface area contributed by atoms with Crippen molar-refractivity contribution in [2.45, 2.75) is 27.4 Å². The molecular weight excluding hydrogens is 274 g/mol. The third-order valence-electron chi connectivity index (χ3n) is 2.77. The molecule has 0 radical (unpaired) electrons. The molecule has 0 aliphatic carbocycles. The fraction of sp³-hybridized carbons (Fsp3) is 0.333. The molecular formula is C15H18ClN3O. The molecule has 0 bridgehead atoms. The average molecular weight is 292 g/mol. The highest BCUT2D eigenvalue weighted by molar-refractivity contribution is 6.30. The first-order valence-corrected chi connectivity index (χ1v) is 6.93. The molecule has 20 heavy (non-hydrogen) atoms. The van der Waals surface area contributed by atoms with Gasteiger partial charge in [-0.25, -0.2) is 9.97 Å². The number of ether oxygens (including phenoxy) is 1. The third kappa shape index (κ3) is 3.84. The van der Waals surface area contributed by atoms with Crippen molar-refractivity contribution in [2.75, 3.05) is 11.9 Å². The van der Waals surface area contributed by atoms with Crippen molar-refractivity contribution in [3.05, 3.63) is 46.4 Å². The Labute approximate surface area is 124 Å². The Balaban J connectivity index is 2.12. The lowest BCUT2D eigenvalue weighted by atomic mass is 10.2. The van der Waals surface area contributed by atoms with E-state index in [1.165, 1.54) is 0 Å². The minimum Gasteiger partial charge on any atom is -0.485 e. The molecule has 0 unspecified atom stereocenters. The van der Waals surface area contributed by atoms with Crippen molar-refractivity contribution in [2.24, 2.45) is 0 Å². The van der Waals surface area contributed by atoms with E-state index in [0.717, 1.165) is 29.4 Å². The standard InChI is InChI=1S/C15H18ClN3O/c1-4-17-14-7-11(3)18-15(19-14)9-20-13-8-12(16)6-5-10(13)2/h5-8H,4,9H2,1-3H3,(H,17,18,19). The Bertz CT molecular complexity index is 602. The molecule has 0 spiro atoms. The van der Waals surface area contributed by atoms with E-state index in [9.17, 15) is 0 Å². The Hall–Kier alpha value is -1.81. The van der Waals surface area contributed by atoms with Gasteiger partial charge < -0.3 is 10.1 Å². The van der Waals surface area contributed by atoms with Crippen LogP contribution in [0, 0.1) is 13.8 Å². The van der Waals surface area contributed by atoms with E-state index in [-0.39, 0.29) is 0 Å². The van der Waals surface area contributed by atoms with Gasteiger partial charge in [-0.15, -0.1) is 0 Å². The summed E-state index contributed by atoms with van der Waals surface area (Å²) in [5.74, 6) is 2.23.